The van der Waals surface area contributed by atoms with Gasteiger partial charge >= 0.3 is 0 Å². The molecule has 2 N–H and O–H groups in total. The highest BCUT2D eigenvalue weighted by molar-refractivity contribution is 5.48. The molecule has 1 aromatic carbocycles. The van der Waals surface area contributed by atoms with Gasteiger partial charge in [0, 0.05) is 17.5 Å². The molecule has 4 nitrogen and oxygen atoms in total. The third-order valence-electron chi connectivity index (χ3n) is 4.34. The van der Waals surface area contributed by atoms with E-state index in [9.17, 15) is 0 Å². The number of ether oxygens (including phenoxy) is 2. The highest BCUT2D eigenvalue weighted by atomic mass is 16.5. The minimum atomic E-state index is 0.903. The Morgan fingerprint density at radius 2 is 1.85 bits per heavy atom. The first-order chi connectivity index (χ1) is 9.65. The predicted molar refractivity (Wildman–Crippen MR) is 79.9 cm³/mol. The lowest BCUT2D eigenvalue weighted by molar-refractivity contribution is -0.938. The van der Waals surface area contributed by atoms with Crippen molar-refractivity contribution < 1.29 is 19.3 Å². The molecular formula is C16H28N2O2+2. The van der Waals surface area contributed by atoms with Crippen LogP contribution in [-0.4, -0.2) is 47.4 Å². The topological polar surface area (TPSA) is 27.3 Å². The minimum absolute atomic E-state index is 0.903. The molecule has 0 bridgehead atoms. The second-order valence-corrected chi connectivity index (χ2v) is 5.82. The molecule has 2 unspecified atom stereocenters. The summed E-state index contributed by atoms with van der Waals surface area (Å²) in [5.41, 5.74) is 2.39. The molecule has 20 heavy (non-hydrogen) atoms. The molecule has 1 aromatic rings. The van der Waals surface area contributed by atoms with E-state index in [4.69, 9.17) is 9.47 Å². The molecule has 0 spiro atoms. The summed E-state index contributed by atoms with van der Waals surface area (Å²) in [6.07, 6.45) is 1.30. The molecule has 0 saturated carbocycles. The normalized spacial score (nSPS) is 23.2. The molecule has 0 aromatic heterocycles. The van der Waals surface area contributed by atoms with Gasteiger partial charge < -0.3 is 19.3 Å². The smallest absolute Gasteiger partial charge is 0.134 e. The molecule has 1 heterocycles. The highest BCUT2D eigenvalue weighted by Gasteiger charge is 2.20. The van der Waals surface area contributed by atoms with Crippen molar-refractivity contribution in [2.45, 2.75) is 19.9 Å². The molecular weight excluding hydrogens is 252 g/mol. The number of hydrogen-bond donors (Lipinski definition) is 2. The second kappa shape index (κ2) is 6.95. The van der Waals surface area contributed by atoms with Crippen LogP contribution < -0.4 is 19.3 Å². The molecule has 4 heteroatoms. The van der Waals surface area contributed by atoms with Crippen molar-refractivity contribution in [1.82, 2.24) is 0 Å². The number of hydrogen-bond acceptors (Lipinski definition) is 2. The van der Waals surface area contributed by atoms with E-state index >= 15 is 0 Å². The first-order valence-corrected chi connectivity index (χ1v) is 7.51. The molecule has 0 aliphatic carbocycles. The van der Waals surface area contributed by atoms with Crippen LogP contribution in [0, 0.1) is 6.92 Å². The third kappa shape index (κ3) is 3.44. The zero-order chi connectivity index (χ0) is 14.5. The fraction of sp³-hybridized carbons (Fsp3) is 0.625. The minimum Gasteiger partial charge on any atom is -0.496 e. The van der Waals surface area contributed by atoms with Crippen LogP contribution in [0.4, 0.5) is 0 Å². The van der Waals surface area contributed by atoms with E-state index in [2.05, 4.69) is 26.1 Å². The van der Waals surface area contributed by atoms with Crippen LogP contribution in [0.1, 0.15) is 17.5 Å². The van der Waals surface area contributed by atoms with Crippen LogP contribution >= 0.6 is 0 Å². The Bertz CT molecular complexity index is 448. The van der Waals surface area contributed by atoms with Crippen molar-refractivity contribution in [2.75, 3.05) is 47.4 Å². The summed E-state index contributed by atoms with van der Waals surface area (Å²) in [4.78, 5) is 3.31. The van der Waals surface area contributed by atoms with Crippen molar-refractivity contribution in [3.63, 3.8) is 0 Å². The van der Waals surface area contributed by atoms with E-state index in [-0.39, 0.29) is 0 Å². The van der Waals surface area contributed by atoms with Gasteiger partial charge in [-0.25, -0.2) is 0 Å². The number of benzene rings is 1. The number of rotatable bonds is 4. The van der Waals surface area contributed by atoms with Crippen molar-refractivity contribution in [1.29, 1.82) is 0 Å². The maximum absolute atomic E-state index is 5.61. The van der Waals surface area contributed by atoms with Gasteiger partial charge in [0.1, 0.15) is 31.1 Å². The van der Waals surface area contributed by atoms with E-state index in [1.807, 2.05) is 0 Å². The Morgan fingerprint density at radius 3 is 2.55 bits per heavy atom. The van der Waals surface area contributed by atoms with E-state index in [0.717, 1.165) is 23.6 Å². The summed E-state index contributed by atoms with van der Waals surface area (Å²) in [5.74, 6) is 1.89. The highest BCUT2D eigenvalue weighted by Crippen LogP contribution is 2.30. The maximum atomic E-state index is 5.61. The molecule has 1 fully saturated rings. The molecule has 112 valence electrons. The summed E-state index contributed by atoms with van der Waals surface area (Å²) in [5, 5.41) is 0. The van der Waals surface area contributed by atoms with Gasteiger partial charge in [-0.15, -0.1) is 0 Å². The molecule has 0 amide bonds. The van der Waals surface area contributed by atoms with Crippen LogP contribution in [0.15, 0.2) is 12.1 Å². The van der Waals surface area contributed by atoms with Gasteiger partial charge in [-0.1, -0.05) is 0 Å². The largest absolute Gasteiger partial charge is 0.496 e. The molecule has 1 aliphatic rings. The quantitative estimate of drug-likeness (QED) is 0.764. The lowest BCUT2D eigenvalue weighted by Crippen LogP contribution is -3.15. The van der Waals surface area contributed by atoms with Gasteiger partial charge in [0.15, 0.2) is 0 Å². The molecule has 2 rings (SSSR count). The molecule has 1 aliphatic heterocycles. The van der Waals surface area contributed by atoms with E-state index in [0.29, 0.717) is 0 Å². The Morgan fingerprint density at radius 1 is 1.05 bits per heavy atom. The monoisotopic (exact) mass is 280 g/mol. The van der Waals surface area contributed by atoms with E-state index in [1.165, 1.54) is 38.2 Å². The van der Waals surface area contributed by atoms with Crippen LogP contribution in [0.2, 0.25) is 0 Å². The summed E-state index contributed by atoms with van der Waals surface area (Å²) in [6, 6.07) is 4.21. The Labute approximate surface area is 122 Å². The summed E-state index contributed by atoms with van der Waals surface area (Å²) < 4.78 is 11.0. The van der Waals surface area contributed by atoms with Crippen LogP contribution in [0.5, 0.6) is 11.5 Å². The van der Waals surface area contributed by atoms with Gasteiger partial charge in [-0.3, -0.25) is 0 Å². The molecule has 1 saturated heterocycles. The van der Waals surface area contributed by atoms with Crippen LogP contribution in [0.3, 0.4) is 0 Å². The zero-order valence-corrected chi connectivity index (χ0v) is 13.2. The Kier molecular flexibility index (Phi) is 5.26. The maximum Gasteiger partial charge on any atom is 0.134 e. The summed E-state index contributed by atoms with van der Waals surface area (Å²) in [6.45, 7) is 8.15. The predicted octanol–water partition coefficient (Wildman–Crippen LogP) is -0.684. The fourth-order valence-electron chi connectivity index (χ4n) is 3.10. The lowest BCUT2D eigenvalue weighted by atomic mass is 10.1. The first kappa shape index (κ1) is 15.1. The van der Waals surface area contributed by atoms with Gasteiger partial charge in [-0.2, -0.15) is 0 Å². The number of nitrogens with one attached hydrogen (secondary N) is 2. The second-order valence-electron chi connectivity index (χ2n) is 5.82. The first-order valence-electron chi connectivity index (χ1n) is 7.51. The third-order valence-corrected chi connectivity index (χ3v) is 4.34. The van der Waals surface area contributed by atoms with Gasteiger partial charge in [0.25, 0.3) is 0 Å². The van der Waals surface area contributed by atoms with Crippen molar-refractivity contribution in [3.05, 3.63) is 23.3 Å². The summed E-state index contributed by atoms with van der Waals surface area (Å²) in [7, 11) is 5.75. The number of likely N-dealkylation sites (N-methyl/N-ethyl adjacent to an activating group) is 1. The molecule has 2 atom stereocenters. The van der Waals surface area contributed by atoms with Crippen molar-refractivity contribution in [2.24, 2.45) is 0 Å². The van der Waals surface area contributed by atoms with Gasteiger partial charge in [0.2, 0.25) is 0 Å². The van der Waals surface area contributed by atoms with Crippen molar-refractivity contribution >= 4 is 0 Å². The number of methoxy groups -OCH3 is 2. The summed E-state index contributed by atoms with van der Waals surface area (Å²) >= 11 is 0. The van der Waals surface area contributed by atoms with Gasteiger partial charge in [-0.05, 0) is 19.1 Å². The van der Waals surface area contributed by atoms with E-state index in [1.54, 1.807) is 24.0 Å². The van der Waals surface area contributed by atoms with E-state index < -0.39 is 0 Å². The van der Waals surface area contributed by atoms with Crippen LogP contribution in [-0.2, 0) is 6.54 Å². The zero-order valence-electron chi connectivity index (χ0n) is 13.2. The van der Waals surface area contributed by atoms with Crippen LogP contribution in [0.25, 0.3) is 0 Å². The fourth-order valence-corrected chi connectivity index (χ4v) is 3.10. The molecule has 0 radical (unpaired) electrons. The lowest BCUT2D eigenvalue weighted by Gasteiger charge is -2.19. The van der Waals surface area contributed by atoms with Crippen molar-refractivity contribution in [3.8, 4) is 11.5 Å². The van der Waals surface area contributed by atoms with Gasteiger partial charge in [0.05, 0.1) is 34.4 Å². The number of quaternary nitrogens is 2. The SMILES string of the molecule is COc1ccc(C[NH+]2CCC[NH+](C)CC2)c(OC)c1C. The Balaban J connectivity index is 2.14. The average molecular weight is 280 g/mol. The average Bonchev–Trinajstić information content (AvgIpc) is 2.64. The standard InChI is InChI=1S/C16H26N2O2/c1-13-15(19-3)7-6-14(16(13)20-4)12-18-9-5-8-17(2)10-11-18/h6-7H,5,8-12H2,1-4H3/p+2. The Hall–Kier alpha value is -1.26.